The number of nitrogens with zero attached hydrogens (tertiary/aromatic N) is 2. The number of amides is 1. The molecule has 0 unspecified atom stereocenters. The smallest absolute Gasteiger partial charge is 0.285 e. The minimum Gasteiger partial charge on any atom is -0.365 e. The molecule has 0 aliphatic heterocycles. The fourth-order valence-corrected chi connectivity index (χ4v) is 1.84. The van der Waals surface area contributed by atoms with E-state index in [9.17, 15) is 14.9 Å². The summed E-state index contributed by atoms with van der Waals surface area (Å²) in [5.41, 5.74) is 6.00. The van der Waals surface area contributed by atoms with E-state index in [4.69, 9.17) is 5.73 Å². The number of aromatic nitrogens is 1. The summed E-state index contributed by atoms with van der Waals surface area (Å²) < 4.78 is 0. The van der Waals surface area contributed by atoms with Crippen molar-refractivity contribution in [3.8, 4) is 0 Å². The van der Waals surface area contributed by atoms with Gasteiger partial charge in [0.2, 0.25) is 0 Å². The van der Waals surface area contributed by atoms with Crippen molar-refractivity contribution in [2.24, 2.45) is 5.73 Å². The molecule has 1 aromatic carbocycles. The van der Waals surface area contributed by atoms with E-state index in [0.717, 1.165) is 5.56 Å². The van der Waals surface area contributed by atoms with Crippen LogP contribution in [-0.2, 0) is 6.42 Å². The van der Waals surface area contributed by atoms with E-state index in [0.29, 0.717) is 12.1 Å². The maximum atomic E-state index is 11.4. The molecule has 96 valence electrons. The Labute approximate surface area is 109 Å². The number of nitrogens with two attached hydrogens (primary N) is 1. The van der Waals surface area contributed by atoms with E-state index in [1.54, 1.807) is 0 Å². The van der Waals surface area contributed by atoms with Crippen LogP contribution >= 0.6 is 0 Å². The highest BCUT2D eigenvalue weighted by Crippen LogP contribution is 2.22. The van der Waals surface area contributed by atoms with E-state index >= 15 is 0 Å². The second kappa shape index (κ2) is 5.26. The largest absolute Gasteiger partial charge is 0.365 e. The lowest BCUT2D eigenvalue weighted by molar-refractivity contribution is -0.385. The molecule has 0 spiro atoms. The first-order valence-electron chi connectivity index (χ1n) is 5.55. The fraction of sp³-hybridized carbons (Fsp3) is 0.0769. The van der Waals surface area contributed by atoms with Crippen molar-refractivity contribution < 1.29 is 9.72 Å². The molecule has 0 saturated carbocycles. The summed E-state index contributed by atoms with van der Waals surface area (Å²) in [5, 5.41) is 10.9. The summed E-state index contributed by atoms with van der Waals surface area (Å²) in [4.78, 5) is 25.7. The van der Waals surface area contributed by atoms with Crippen LogP contribution in [0.1, 0.15) is 21.6 Å². The minimum absolute atomic E-state index is 0.128. The topological polar surface area (TPSA) is 99.1 Å². The fourth-order valence-electron chi connectivity index (χ4n) is 1.84. The number of hydrogen-bond donors (Lipinski definition) is 1. The third-order valence-electron chi connectivity index (χ3n) is 2.66. The molecule has 0 atom stereocenters. The lowest BCUT2D eigenvalue weighted by Gasteiger charge is -2.06. The molecule has 2 N–H and O–H groups in total. The average molecular weight is 257 g/mol. The maximum absolute atomic E-state index is 11.4. The Morgan fingerprint density at radius 3 is 2.53 bits per heavy atom. The standard InChI is InChI=1S/C13H11N3O3/c14-13(17)12-10(8-9-4-2-1-3-5-9)15-7-6-11(12)16(18)19/h1-7H,8H2,(H2,14,17). The van der Waals surface area contributed by atoms with Crippen LogP contribution in [0.3, 0.4) is 0 Å². The Hall–Kier alpha value is -2.76. The van der Waals surface area contributed by atoms with Gasteiger partial charge in [-0.3, -0.25) is 19.9 Å². The van der Waals surface area contributed by atoms with Crippen LogP contribution in [0.15, 0.2) is 42.6 Å². The molecule has 1 aromatic heterocycles. The summed E-state index contributed by atoms with van der Waals surface area (Å²) in [7, 11) is 0. The zero-order valence-electron chi connectivity index (χ0n) is 9.95. The monoisotopic (exact) mass is 257 g/mol. The van der Waals surface area contributed by atoms with Gasteiger partial charge < -0.3 is 5.73 Å². The number of carbonyl (C=O) groups is 1. The molecule has 0 aliphatic rings. The lowest BCUT2D eigenvalue weighted by atomic mass is 10.0. The molecule has 0 aliphatic carbocycles. The normalized spacial score (nSPS) is 10.1. The number of carbonyl (C=O) groups excluding carboxylic acids is 1. The van der Waals surface area contributed by atoms with Gasteiger partial charge in [-0.05, 0) is 5.56 Å². The Morgan fingerprint density at radius 2 is 1.95 bits per heavy atom. The summed E-state index contributed by atoms with van der Waals surface area (Å²) in [6, 6.07) is 10.4. The number of hydrogen-bond acceptors (Lipinski definition) is 4. The molecule has 1 heterocycles. The van der Waals surface area contributed by atoms with Crippen molar-refractivity contribution in [3.63, 3.8) is 0 Å². The van der Waals surface area contributed by atoms with Crippen LogP contribution in [0.2, 0.25) is 0 Å². The van der Waals surface area contributed by atoms with Crippen LogP contribution in [0.25, 0.3) is 0 Å². The molecule has 6 nitrogen and oxygen atoms in total. The second-order valence-corrected chi connectivity index (χ2v) is 3.94. The summed E-state index contributed by atoms with van der Waals surface area (Å²) in [5.74, 6) is -0.842. The van der Waals surface area contributed by atoms with Gasteiger partial charge >= 0.3 is 0 Å². The molecule has 2 rings (SSSR count). The second-order valence-electron chi connectivity index (χ2n) is 3.94. The number of rotatable bonds is 4. The van der Waals surface area contributed by atoms with Gasteiger partial charge in [-0.1, -0.05) is 30.3 Å². The third-order valence-corrected chi connectivity index (χ3v) is 2.66. The van der Waals surface area contributed by atoms with Crippen LogP contribution in [0.4, 0.5) is 5.69 Å². The van der Waals surface area contributed by atoms with Crippen molar-refractivity contribution in [2.45, 2.75) is 6.42 Å². The van der Waals surface area contributed by atoms with Crippen LogP contribution in [0, 0.1) is 10.1 Å². The molecular formula is C13H11N3O3. The van der Waals surface area contributed by atoms with E-state index in [-0.39, 0.29) is 11.3 Å². The Bertz CT molecular complexity index is 626. The summed E-state index contributed by atoms with van der Waals surface area (Å²) >= 11 is 0. The molecular weight excluding hydrogens is 246 g/mol. The molecule has 0 saturated heterocycles. The Morgan fingerprint density at radius 1 is 1.26 bits per heavy atom. The third kappa shape index (κ3) is 2.74. The highest BCUT2D eigenvalue weighted by atomic mass is 16.6. The Kier molecular flexibility index (Phi) is 3.51. The minimum atomic E-state index is -0.842. The van der Waals surface area contributed by atoms with E-state index in [2.05, 4.69) is 4.98 Å². The highest BCUT2D eigenvalue weighted by Gasteiger charge is 2.22. The number of pyridine rings is 1. The number of nitro groups is 1. The van der Waals surface area contributed by atoms with Gasteiger partial charge in [0, 0.05) is 18.7 Å². The Balaban J connectivity index is 2.48. The molecule has 1 amide bonds. The van der Waals surface area contributed by atoms with Crippen molar-refractivity contribution >= 4 is 11.6 Å². The first kappa shape index (κ1) is 12.7. The SMILES string of the molecule is NC(=O)c1c([N+](=O)[O-])ccnc1Cc1ccccc1. The molecule has 0 radical (unpaired) electrons. The first-order chi connectivity index (χ1) is 9.09. The van der Waals surface area contributed by atoms with Crippen molar-refractivity contribution in [3.05, 3.63) is 69.5 Å². The van der Waals surface area contributed by atoms with Crippen LogP contribution < -0.4 is 5.73 Å². The van der Waals surface area contributed by atoms with E-state index < -0.39 is 10.8 Å². The van der Waals surface area contributed by atoms with Crippen LogP contribution in [0.5, 0.6) is 0 Å². The molecule has 2 aromatic rings. The van der Waals surface area contributed by atoms with Crippen molar-refractivity contribution in [1.82, 2.24) is 4.98 Å². The quantitative estimate of drug-likeness (QED) is 0.665. The molecule has 19 heavy (non-hydrogen) atoms. The van der Waals surface area contributed by atoms with E-state index in [1.165, 1.54) is 12.3 Å². The van der Waals surface area contributed by atoms with Gasteiger partial charge in [-0.25, -0.2) is 0 Å². The predicted octanol–water partition coefficient (Wildman–Crippen LogP) is 1.68. The predicted molar refractivity (Wildman–Crippen MR) is 68.7 cm³/mol. The van der Waals surface area contributed by atoms with Crippen molar-refractivity contribution in [2.75, 3.05) is 0 Å². The number of primary amides is 1. The van der Waals surface area contributed by atoms with Gasteiger partial charge in [-0.15, -0.1) is 0 Å². The van der Waals surface area contributed by atoms with Gasteiger partial charge in [-0.2, -0.15) is 0 Å². The maximum Gasteiger partial charge on any atom is 0.285 e. The van der Waals surface area contributed by atoms with E-state index in [1.807, 2.05) is 30.3 Å². The van der Waals surface area contributed by atoms with Crippen LogP contribution in [-0.4, -0.2) is 15.8 Å². The van der Waals surface area contributed by atoms with Gasteiger partial charge in [0.15, 0.2) is 0 Å². The summed E-state index contributed by atoms with van der Waals surface area (Å²) in [6.45, 7) is 0. The molecule has 0 bridgehead atoms. The average Bonchev–Trinajstić information content (AvgIpc) is 2.39. The van der Waals surface area contributed by atoms with Crippen molar-refractivity contribution in [1.29, 1.82) is 0 Å². The summed E-state index contributed by atoms with van der Waals surface area (Å²) in [6.07, 6.45) is 1.63. The molecule has 0 fully saturated rings. The zero-order valence-corrected chi connectivity index (χ0v) is 9.95. The zero-order chi connectivity index (χ0) is 13.8. The highest BCUT2D eigenvalue weighted by molar-refractivity contribution is 5.98. The van der Waals surface area contributed by atoms with Gasteiger partial charge in [0.1, 0.15) is 5.56 Å². The lowest BCUT2D eigenvalue weighted by Crippen LogP contribution is -2.17. The molecule has 6 heteroatoms. The van der Waals surface area contributed by atoms with Gasteiger partial charge in [0.25, 0.3) is 11.6 Å². The first-order valence-corrected chi connectivity index (χ1v) is 5.55. The number of benzene rings is 1. The van der Waals surface area contributed by atoms with Gasteiger partial charge in [0.05, 0.1) is 10.6 Å².